The van der Waals surface area contributed by atoms with E-state index in [2.05, 4.69) is 0 Å². The maximum atomic E-state index is 11.3. The molecule has 1 aromatic carbocycles. The summed E-state index contributed by atoms with van der Waals surface area (Å²) in [7, 11) is 1.32. The van der Waals surface area contributed by atoms with Crippen molar-refractivity contribution < 1.29 is 24.9 Å². The molecule has 1 fully saturated rings. The second kappa shape index (κ2) is 5.41. The first-order valence-electron chi connectivity index (χ1n) is 10.6. The zero-order valence-electron chi connectivity index (χ0n) is 20.6. The van der Waals surface area contributed by atoms with Gasteiger partial charge in [0.1, 0.15) is 5.75 Å². The maximum Gasteiger partial charge on any atom is 0.118 e. The first kappa shape index (κ1) is 4.86. The van der Waals surface area contributed by atoms with Crippen molar-refractivity contribution in [2.45, 2.75) is 43.4 Å². The predicted molar refractivity (Wildman–Crippen MR) is 69.4 cm³/mol. The summed E-state index contributed by atoms with van der Waals surface area (Å²) >= 11 is 0. The molecule has 1 aromatic rings. The van der Waals surface area contributed by atoms with Gasteiger partial charge >= 0.3 is 0 Å². The van der Waals surface area contributed by atoms with Gasteiger partial charge in [0.2, 0.25) is 0 Å². The van der Waals surface area contributed by atoms with Crippen LogP contribution in [0.5, 0.6) is 5.75 Å². The van der Waals surface area contributed by atoms with E-state index >= 15 is 0 Å². The molecule has 1 saturated carbocycles. The normalized spacial score (nSPS) is 44.6. The molecule has 1 unspecified atom stereocenters. The predicted octanol–water partition coefficient (Wildman–Crippen LogP) is 3.00. The highest BCUT2D eigenvalue weighted by Crippen LogP contribution is 2.39. The summed E-state index contributed by atoms with van der Waals surface area (Å²) in [4.78, 5) is 0. The van der Waals surface area contributed by atoms with Gasteiger partial charge in [-0.05, 0) is 30.4 Å². The van der Waals surface area contributed by atoms with Crippen LogP contribution >= 0.6 is 0 Å². The van der Waals surface area contributed by atoms with E-state index in [1.807, 2.05) is 0 Å². The molecule has 0 aliphatic heterocycles. The van der Waals surface area contributed by atoms with E-state index < -0.39 is 48.9 Å². The van der Waals surface area contributed by atoms with Crippen LogP contribution in [-0.2, 0) is 0 Å². The van der Waals surface area contributed by atoms with Crippen LogP contribution in [0.25, 0.3) is 0 Å². The zero-order valence-corrected chi connectivity index (χ0v) is 9.61. The number of methoxy groups -OCH3 is 1. The van der Waals surface area contributed by atoms with E-state index in [-0.39, 0.29) is 5.75 Å². The van der Waals surface area contributed by atoms with Crippen LogP contribution in [0.2, 0.25) is 0 Å². The highest BCUT2D eigenvalue weighted by atomic mass is 16.5. The summed E-state index contributed by atoms with van der Waals surface area (Å²) in [5.74, 6) is -3.00. The topological polar surface area (TPSA) is 53.2 Å². The first-order chi connectivity index (χ1) is 12.8. The fourth-order valence-electron chi connectivity index (χ4n) is 1.54. The molecule has 0 saturated heterocycles. The Morgan fingerprint density at radius 3 is 2.50 bits per heavy atom. The summed E-state index contributed by atoms with van der Waals surface area (Å²) < 4.78 is 93.5. The van der Waals surface area contributed by atoms with Gasteiger partial charge in [-0.15, -0.1) is 0 Å². The van der Waals surface area contributed by atoms with Crippen molar-refractivity contribution in [3.8, 4) is 11.8 Å². The summed E-state index contributed by atoms with van der Waals surface area (Å²) in [6, 6.07) is 5.91. The van der Waals surface area contributed by atoms with Crippen molar-refractivity contribution in [1.29, 1.82) is 5.26 Å². The Kier molecular flexibility index (Phi) is 1.46. The molecule has 0 heterocycles. The molecule has 0 spiro atoms. The van der Waals surface area contributed by atoms with Crippen molar-refractivity contribution in [2.24, 2.45) is 0 Å². The molecule has 0 radical (unpaired) electrons. The number of aliphatic hydroxyl groups is 1. The standard InChI is InChI=1S/C15H19NO2/c1-18-13-7-5-12(6-8-13)14(11-16)15(17)9-3-2-4-10-15/h5-8,14,17H,2-4,9-10H2,1H3/i2D2,3D2,4D2,9D2,10D2,14D. The SMILES string of the molecule is [2H]C(C#N)(c1ccc(OC)cc1)C1(O)C([2H])([2H])C([2H])([2H])C([2H])([2H])C([2H])([2H])C1([2H])[2H]. The van der Waals surface area contributed by atoms with E-state index in [4.69, 9.17) is 19.8 Å². The van der Waals surface area contributed by atoms with Crippen LogP contribution in [0.3, 0.4) is 0 Å². The molecular formula is C15H19NO2. The molecule has 0 aromatic heterocycles. The monoisotopic (exact) mass is 256 g/mol. The van der Waals surface area contributed by atoms with Gasteiger partial charge in [-0.2, -0.15) is 5.26 Å². The van der Waals surface area contributed by atoms with E-state index in [9.17, 15) is 10.4 Å². The largest absolute Gasteiger partial charge is 0.497 e. The third-order valence-electron chi connectivity index (χ3n) is 2.46. The van der Waals surface area contributed by atoms with Crippen molar-refractivity contribution >= 4 is 0 Å². The lowest BCUT2D eigenvalue weighted by atomic mass is 9.73. The van der Waals surface area contributed by atoms with E-state index in [0.29, 0.717) is 0 Å². The van der Waals surface area contributed by atoms with Gasteiger partial charge in [0.25, 0.3) is 0 Å². The first-order valence-corrected chi connectivity index (χ1v) is 5.13. The highest BCUT2D eigenvalue weighted by Gasteiger charge is 2.38. The lowest BCUT2D eigenvalue weighted by molar-refractivity contribution is -0.00714. The number of nitriles is 1. The molecule has 96 valence electrons. The minimum absolute atomic E-state index is 0.262. The van der Waals surface area contributed by atoms with E-state index in [1.54, 1.807) is 0 Å². The Labute approximate surface area is 123 Å². The molecule has 18 heavy (non-hydrogen) atoms. The second-order valence-electron chi connectivity index (χ2n) is 3.55. The zero-order chi connectivity index (χ0) is 22.9. The molecule has 1 aliphatic carbocycles. The summed E-state index contributed by atoms with van der Waals surface area (Å²) in [6.45, 7) is 0. The Hall–Kier alpha value is -1.53. The molecule has 2 rings (SSSR count). The average molecular weight is 256 g/mol. The van der Waals surface area contributed by atoms with Gasteiger partial charge in [0.05, 0.1) is 26.0 Å². The summed E-state index contributed by atoms with van der Waals surface area (Å²) in [6.07, 6.45) is -19.2. The van der Waals surface area contributed by atoms with Gasteiger partial charge in [-0.1, -0.05) is 31.3 Å². The quantitative estimate of drug-likeness (QED) is 0.904. The summed E-state index contributed by atoms with van der Waals surface area (Å²) in [5.41, 5.74) is -4.42. The second-order valence-corrected chi connectivity index (χ2v) is 3.55. The molecule has 3 heteroatoms. The minimum Gasteiger partial charge on any atom is -0.497 e. The lowest BCUT2D eigenvalue weighted by Gasteiger charge is -2.36. The van der Waals surface area contributed by atoms with Crippen LogP contribution in [0, 0.1) is 11.3 Å². The third kappa shape index (κ3) is 2.49. The van der Waals surface area contributed by atoms with Crippen molar-refractivity contribution in [3.05, 3.63) is 29.8 Å². The lowest BCUT2D eigenvalue weighted by Crippen LogP contribution is -2.37. The average Bonchev–Trinajstić information content (AvgIpc) is 2.64. The fraction of sp³-hybridized carbons (Fsp3) is 0.533. The smallest absolute Gasteiger partial charge is 0.118 e. The van der Waals surface area contributed by atoms with Gasteiger partial charge in [-0.3, -0.25) is 0 Å². The molecule has 3 nitrogen and oxygen atoms in total. The van der Waals surface area contributed by atoms with Crippen molar-refractivity contribution in [3.63, 3.8) is 0 Å². The summed E-state index contributed by atoms with van der Waals surface area (Å²) in [5, 5.41) is 21.0. The molecule has 0 amide bonds. The van der Waals surface area contributed by atoms with Crippen LogP contribution in [0.1, 0.15) is 58.4 Å². The van der Waals surface area contributed by atoms with E-state index in [0.717, 1.165) is 12.1 Å². The van der Waals surface area contributed by atoms with Gasteiger partial charge in [-0.25, -0.2) is 0 Å². The molecule has 1 aliphatic rings. The Morgan fingerprint density at radius 2 is 2.00 bits per heavy atom. The Balaban J connectivity index is 2.96. The number of rotatable bonds is 3. The molecule has 0 bridgehead atoms. The Bertz CT molecular complexity index is 817. The van der Waals surface area contributed by atoms with Crippen LogP contribution in [0.15, 0.2) is 24.3 Å². The number of hydrogen-bond acceptors (Lipinski definition) is 3. The van der Waals surface area contributed by atoms with Crippen molar-refractivity contribution in [2.75, 3.05) is 7.11 Å². The van der Waals surface area contributed by atoms with Crippen LogP contribution < -0.4 is 4.74 Å². The number of ether oxygens (including phenoxy) is 1. The third-order valence-corrected chi connectivity index (χ3v) is 2.46. The number of benzene rings is 1. The minimum atomic E-state index is -3.96. The molecule has 1 N–H and O–H groups in total. The highest BCUT2D eigenvalue weighted by molar-refractivity contribution is 5.34. The van der Waals surface area contributed by atoms with E-state index in [1.165, 1.54) is 25.3 Å². The number of nitrogens with zero attached hydrogens (tertiary/aromatic N) is 1. The van der Waals surface area contributed by atoms with Gasteiger partial charge < -0.3 is 9.84 Å². The molecule has 1 atom stereocenters. The Morgan fingerprint density at radius 1 is 1.39 bits per heavy atom. The van der Waals surface area contributed by atoms with Crippen LogP contribution in [0.4, 0.5) is 0 Å². The number of hydrogen-bond donors (Lipinski definition) is 1. The fourth-order valence-corrected chi connectivity index (χ4v) is 1.54. The van der Waals surface area contributed by atoms with Crippen LogP contribution in [-0.4, -0.2) is 17.8 Å². The van der Waals surface area contributed by atoms with Crippen molar-refractivity contribution in [1.82, 2.24) is 0 Å². The molecular weight excluding hydrogens is 226 g/mol. The van der Waals surface area contributed by atoms with Gasteiger partial charge in [0, 0.05) is 13.7 Å². The van der Waals surface area contributed by atoms with Gasteiger partial charge in [0.15, 0.2) is 0 Å². The maximum absolute atomic E-state index is 11.3.